The summed E-state index contributed by atoms with van der Waals surface area (Å²) in [6.45, 7) is 0. The van der Waals surface area contributed by atoms with E-state index in [2.05, 4.69) is 26.2 Å². The van der Waals surface area contributed by atoms with E-state index < -0.39 is 0 Å². The lowest BCUT2D eigenvalue weighted by atomic mass is 10.2. The number of carbonyl (C=O) groups excluding carboxylic acids is 1. The summed E-state index contributed by atoms with van der Waals surface area (Å²) in [4.78, 5) is 15.8. The highest BCUT2D eigenvalue weighted by molar-refractivity contribution is 9.10. The summed E-state index contributed by atoms with van der Waals surface area (Å²) in [6.07, 6.45) is 1.52. The zero-order valence-corrected chi connectivity index (χ0v) is 12.1. The molecular formula is C12H7BrCl2N2O. The first-order valence-corrected chi connectivity index (χ1v) is 6.50. The third-order valence-corrected chi connectivity index (χ3v) is 3.29. The molecule has 0 fully saturated rings. The molecule has 1 heterocycles. The van der Waals surface area contributed by atoms with Crippen molar-refractivity contribution < 1.29 is 4.79 Å². The lowest BCUT2D eigenvalue weighted by Gasteiger charge is -2.08. The average molecular weight is 346 g/mol. The van der Waals surface area contributed by atoms with E-state index in [1.807, 2.05) is 0 Å². The quantitative estimate of drug-likeness (QED) is 0.819. The molecule has 0 aliphatic carbocycles. The predicted molar refractivity (Wildman–Crippen MR) is 76.4 cm³/mol. The fraction of sp³-hybridized carbons (Fsp3) is 0. The van der Waals surface area contributed by atoms with Crippen LogP contribution >= 0.6 is 39.1 Å². The van der Waals surface area contributed by atoms with Crippen LogP contribution in [0.15, 0.2) is 41.0 Å². The molecule has 0 unspecified atom stereocenters. The monoisotopic (exact) mass is 344 g/mol. The Hall–Kier alpha value is -1.10. The summed E-state index contributed by atoms with van der Waals surface area (Å²) in [7, 11) is 0. The van der Waals surface area contributed by atoms with Gasteiger partial charge in [0.25, 0.3) is 5.91 Å². The lowest BCUT2D eigenvalue weighted by molar-refractivity contribution is 0.102. The van der Waals surface area contributed by atoms with Crippen LogP contribution < -0.4 is 5.32 Å². The molecule has 1 amide bonds. The second-order valence-corrected chi connectivity index (χ2v) is 5.10. The molecule has 6 heteroatoms. The van der Waals surface area contributed by atoms with Crippen LogP contribution in [0.3, 0.4) is 0 Å². The summed E-state index contributed by atoms with van der Waals surface area (Å²) >= 11 is 15.1. The van der Waals surface area contributed by atoms with Gasteiger partial charge in [0.1, 0.15) is 5.15 Å². The van der Waals surface area contributed by atoms with Crippen LogP contribution in [0.4, 0.5) is 5.69 Å². The maximum absolute atomic E-state index is 12.0. The first-order valence-electron chi connectivity index (χ1n) is 4.95. The molecule has 3 nitrogen and oxygen atoms in total. The van der Waals surface area contributed by atoms with E-state index >= 15 is 0 Å². The van der Waals surface area contributed by atoms with Crippen LogP contribution in [0, 0.1) is 0 Å². The molecule has 0 aliphatic rings. The Morgan fingerprint density at radius 1 is 1.28 bits per heavy atom. The number of anilines is 1. The van der Waals surface area contributed by atoms with Crippen molar-refractivity contribution >= 4 is 50.7 Å². The topological polar surface area (TPSA) is 42.0 Å². The van der Waals surface area contributed by atoms with Crippen molar-refractivity contribution in [1.29, 1.82) is 0 Å². The van der Waals surface area contributed by atoms with Crippen molar-refractivity contribution in [3.63, 3.8) is 0 Å². The molecule has 0 spiro atoms. The number of nitrogens with zero attached hydrogens (tertiary/aromatic N) is 1. The molecule has 2 rings (SSSR count). The minimum absolute atomic E-state index is 0.156. The van der Waals surface area contributed by atoms with Gasteiger partial charge in [-0.3, -0.25) is 4.79 Å². The average Bonchev–Trinajstić information content (AvgIpc) is 2.33. The van der Waals surface area contributed by atoms with Crippen molar-refractivity contribution in [3.8, 4) is 0 Å². The number of amides is 1. The number of hydrogen-bond donors (Lipinski definition) is 1. The normalized spacial score (nSPS) is 10.2. The highest BCUT2D eigenvalue weighted by Crippen LogP contribution is 2.26. The Labute approximate surface area is 122 Å². The summed E-state index contributed by atoms with van der Waals surface area (Å²) in [5.41, 5.74) is 0.822. The maximum atomic E-state index is 12.0. The van der Waals surface area contributed by atoms with Crippen molar-refractivity contribution in [2.24, 2.45) is 0 Å². The highest BCUT2D eigenvalue weighted by atomic mass is 79.9. The van der Waals surface area contributed by atoms with Gasteiger partial charge in [0.05, 0.1) is 16.3 Å². The molecule has 2 aromatic rings. The maximum Gasteiger partial charge on any atom is 0.258 e. The van der Waals surface area contributed by atoms with Crippen LogP contribution in [0.1, 0.15) is 10.4 Å². The van der Waals surface area contributed by atoms with Crippen LogP contribution in [0.5, 0.6) is 0 Å². The van der Waals surface area contributed by atoms with Gasteiger partial charge in [0, 0.05) is 10.7 Å². The Morgan fingerprint density at radius 2 is 2.06 bits per heavy atom. The predicted octanol–water partition coefficient (Wildman–Crippen LogP) is 4.40. The van der Waals surface area contributed by atoms with E-state index in [1.54, 1.807) is 30.3 Å². The number of benzene rings is 1. The third-order valence-electron chi connectivity index (χ3n) is 2.18. The third kappa shape index (κ3) is 3.02. The number of hydrogen-bond acceptors (Lipinski definition) is 2. The van der Waals surface area contributed by atoms with E-state index in [4.69, 9.17) is 23.2 Å². The molecule has 92 valence electrons. The van der Waals surface area contributed by atoms with Gasteiger partial charge in [-0.1, -0.05) is 39.1 Å². The van der Waals surface area contributed by atoms with Gasteiger partial charge >= 0.3 is 0 Å². The van der Waals surface area contributed by atoms with Crippen LogP contribution in [-0.2, 0) is 0 Å². The number of halogens is 3. The van der Waals surface area contributed by atoms with E-state index in [9.17, 15) is 4.79 Å². The van der Waals surface area contributed by atoms with Gasteiger partial charge in [-0.15, -0.1) is 0 Å². The minimum atomic E-state index is -0.350. The second kappa shape index (κ2) is 5.69. The molecule has 1 aromatic heterocycles. The molecule has 18 heavy (non-hydrogen) atoms. The van der Waals surface area contributed by atoms with Gasteiger partial charge in [0.2, 0.25) is 0 Å². The van der Waals surface area contributed by atoms with E-state index in [-0.39, 0.29) is 11.1 Å². The Bertz CT molecular complexity index is 604. The first-order chi connectivity index (χ1) is 8.58. The number of pyridine rings is 1. The van der Waals surface area contributed by atoms with E-state index in [1.165, 1.54) is 6.20 Å². The van der Waals surface area contributed by atoms with Crippen molar-refractivity contribution in [1.82, 2.24) is 4.98 Å². The SMILES string of the molecule is O=C(Nc1ccc(Br)cc1Cl)c1cccnc1Cl. The lowest BCUT2D eigenvalue weighted by Crippen LogP contribution is -2.13. The van der Waals surface area contributed by atoms with E-state index in [0.29, 0.717) is 16.3 Å². The van der Waals surface area contributed by atoms with Crippen LogP contribution in [-0.4, -0.2) is 10.9 Å². The second-order valence-electron chi connectivity index (χ2n) is 3.42. The van der Waals surface area contributed by atoms with Gasteiger partial charge in [-0.05, 0) is 30.3 Å². The zero-order valence-electron chi connectivity index (χ0n) is 8.95. The number of rotatable bonds is 2. The Morgan fingerprint density at radius 3 is 2.72 bits per heavy atom. The molecule has 0 aliphatic heterocycles. The summed E-state index contributed by atoms with van der Waals surface area (Å²) in [6, 6.07) is 8.42. The largest absolute Gasteiger partial charge is 0.321 e. The molecule has 0 saturated carbocycles. The molecule has 1 aromatic carbocycles. The zero-order chi connectivity index (χ0) is 13.1. The van der Waals surface area contributed by atoms with Crippen LogP contribution in [0.25, 0.3) is 0 Å². The molecule has 0 radical (unpaired) electrons. The molecular weight excluding hydrogens is 339 g/mol. The number of aromatic nitrogens is 1. The fourth-order valence-electron chi connectivity index (χ4n) is 1.34. The standard InChI is InChI=1S/C12H7BrCl2N2O/c13-7-3-4-10(9(14)6-7)17-12(18)8-2-1-5-16-11(8)15/h1-6H,(H,17,18). The summed E-state index contributed by atoms with van der Waals surface area (Å²) in [5, 5.41) is 3.28. The summed E-state index contributed by atoms with van der Waals surface area (Å²) < 4.78 is 0.838. The number of nitrogens with one attached hydrogen (secondary N) is 1. The van der Waals surface area contributed by atoms with E-state index in [0.717, 1.165) is 4.47 Å². The summed E-state index contributed by atoms with van der Waals surface area (Å²) in [5.74, 6) is -0.350. The van der Waals surface area contributed by atoms with Crippen molar-refractivity contribution in [2.75, 3.05) is 5.32 Å². The highest BCUT2D eigenvalue weighted by Gasteiger charge is 2.12. The first kappa shape index (κ1) is 13.3. The van der Waals surface area contributed by atoms with Gasteiger partial charge in [-0.25, -0.2) is 4.98 Å². The number of carbonyl (C=O) groups is 1. The molecule has 1 N–H and O–H groups in total. The molecule has 0 bridgehead atoms. The Balaban J connectivity index is 2.24. The molecule has 0 saturated heterocycles. The van der Waals surface area contributed by atoms with Crippen molar-refractivity contribution in [3.05, 3.63) is 56.7 Å². The Kier molecular flexibility index (Phi) is 4.22. The minimum Gasteiger partial charge on any atom is -0.321 e. The van der Waals surface area contributed by atoms with Gasteiger partial charge in [-0.2, -0.15) is 0 Å². The van der Waals surface area contributed by atoms with Gasteiger partial charge in [0.15, 0.2) is 0 Å². The fourth-order valence-corrected chi connectivity index (χ4v) is 2.26. The smallest absolute Gasteiger partial charge is 0.258 e. The van der Waals surface area contributed by atoms with Crippen molar-refractivity contribution in [2.45, 2.75) is 0 Å². The van der Waals surface area contributed by atoms with Gasteiger partial charge < -0.3 is 5.32 Å². The molecule has 0 atom stereocenters. The van der Waals surface area contributed by atoms with Crippen LogP contribution in [0.2, 0.25) is 10.2 Å².